The maximum Gasteiger partial charge on any atom is 0.222 e. The summed E-state index contributed by atoms with van der Waals surface area (Å²) in [7, 11) is 0. The molecule has 1 fully saturated rings. The molecule has 2 heterocycles. The summed E-state index contributed by atoms with van der Waals surface area (Å²) in [6, 6.07) is 12.1. The summed E-state index contributed by atoms with van der Waals surface area (Å²) >= 11 is 0. The Morgan fingerprint density at radius 2 is 1.68 bits per heavy atom. The molecule has 0 atom stereocenters. The minimum atomic E-state index is 0.154. The molecule has 0 N–H and O–H groups in total. The minimum absolute atomic E-state index is 0.154. The molecule has 3 rings (SSSR count). The SMILES string of the molecule is CCCCC(=O)N1CCN(CC(=O)c2cc(C)n(-c3ccccc3)c2C)CC1. The molecule has 2 aromatic rings. The molecule has 1 amide bonds. The number of piperazine rings is 1. The Morgan fingerprint density at radius 3 is 2.32 bits per heavy atom. The highest BCUT2D eigenvalue weighted by Gasteiger charge is 2.24. The molecule has 0 saturated carbocycles. The van der Waals surface area contributed by atoms with E-state index in [-0.39, 0.29) is 11.7 Å². The van der Waals surface area contributed by atoms with Crippen molar-refractivity contribution in [1.82, 2.24) is 14.4 Å². The molecular weight excluding hydrogens is 350 g/mol. The number of amides is 1. The first-order valence-electron chi connectivity index (χ1n) is 10.3. The summed E-state index contributed by atoms with van der Waals surface area (Å²) in [6.45, 7) is 9.54. The van der Waals surface area contributed by atoms with Gasteiger partial charge in [-0.1, -0.05) is 31.5 Å². The molecule has 0 bridgehead atoms. The van der Waals surface area contributed by atoms with Crippen LogP contribution in [0.2, 0.25) is 0 Å². The maximum absolute atomic E-state index is 13.0. The Hall–Kier alpha value is -2.40. The first-order chi connectivity index (χ1) is 13.5. The molecule has 1 aliphatic rings. The van der Waals surface area contributed by atoms with E-state index < -0.39 is 0 Å². The number of hydrogen-bond donors (Lipinski definition) is 0. The maximum atomic E-state index is 13.0. The zero-order valence-electron chi connectivity index (χ0n) is 17.3. The van der Waals surface area contributed by atoms with Crippen LogP contribution in [-0.2, 0) is 4.79 Å². The van der Waals surface area contributed by atoms with E-state index in [1.165, 1.54) is 0 Å². The number of unbranched alkanes of at least 4 members (excludes halogenated alkanes) is 1. The Kier molecular flexibility index (Phi) is 6.68. The van der Waals surface area contributed by atoms with Gasteiger partial charge in [-0.15, -0.1) is 0 Å². The van der Waals surface area contributed by atoms with Crippen LogP contribution in [-0.4, -0.2) is 58.8 Å². The predicted octanol–water partition coefficient (Wildman–Crippen LogP) is 3.61. The molecule has 5 heteroatoms. The van der Waals surface area contributed by atoms with E-state index in [1.54, 1.807) is 0 Å². The normalized spacial score (nSPS) is 15.0. The van der Waals surface area contributed by atoms with Crippen molar-refractivity contribution in [2.75, 3.05) is 32.7 Å². The summed E-state index contributed by atoms with van der Waals surface area (Å²) in [5, 5.41) is 0. The Labute approximate surface area is 167 Å². The van der Waals surface area contributed by atoms with E-state index in [0.717, 1.165) is 61.7 Å². The van der Waals surface area contributed by atoms with Crippen LogP contribution in [0.1, 0.15) is 47.9 Å². The first kappa shape index (κ1) is 20.3. The number of para-hydroxylation sites is 1. The number of ketones is 1. The van der Waals surface area contributed by atoms with Crippen LogP contribution in [0.5, 0.6) is 0 Å². The third-order valence-electron chi connectivity index (χ3n) is 5.58. The number of rotatable bonds is 7. The molecule has 0 spiro atoms. The molecule has 0 unspecified atom stereocenters. The Morgan fingerprint density at radius 1 is 1.00 bits per heavy atom. The zero-order valence-corrected chi connectivity index (χ0v) is 17.3. The van der Waals surface area contributed by atoms with Crippen molar-refractivity contribution in [1.29, 1.82) is 0 Å². The summed E-state index contributed by atoms with van der Waals surface area (Å²) in [5.41, 5.74) is 3.93. The van der Waals surface area contributed by atoms with Crippen LogP contribution >= 0.6 is 0 Å². The monoisotopic (exact) mass is 381 g/mol. The summed E-state index contributed by atoms with van der Waals surface area (Å²) in [6.07, 6.45) is 2.64. The van der Waals surface area contributed by atoms with Gasteiger partial charge in [0, 0.05) is 55.2 Å². The second kappa shape index (κ2) is 9.20. The van der Waals surface area contributed by atoms with Crippen molar-refractivity contribution in [2.24, 2.45) is 0 Å². The second-order valence-electron chi connectivity index (χ2n) is 7.64. The Balaban J connectivity index is 1.61. The number of hydrogen-bond acceptors (Lipinski definition) is 3. The van der Waals surface area contributed by atoms with Gasteiger partial charge in [0.15, 0.2) is 5.78 Å². The predicted molar refractivity (Wildman–Crippen MR) is 112 cm³/mol. The third kappa shape index (κ3) is 4.53. The van der Waals surface area contributed by atoms with Crippen LogP contribution in [0.4, 0.5) is 0 Å². The molecule has 28 heavy (non-hydrogen) atoms. The lowest BCUT2D eigenvalue weighted by molar-refractivity contribution is -0.132. The lowest BCUT2D eigenvalue weighted by Gasteiger charge is -2.34. The second-order valence-corrected chi connectivity index (χ2v) is 7.64. The first-order valence-corrected chi connectivity index (χ1v) is 10.3. The molecule has 0 radical (unpaired) electrons. The van der Waals surface area contributed by atoms with Crippen molar-refractivity contribution < 1.29 is 9.59 Å². The summed E-state index contributed by atoms with van der Waals surface area (Å²) in [5.74, 6) is 0.403. The van der Waals surface area contributed by atoms with Crippen LogP contribution in [0, 0.1) is 13.8 Å². The highest BCUT2D eigenvalue weighted by atomic mass is 16.2. The smallest absolute Gasteiger partial charge is 0.222 e. The van der Waals surface area contributed by atoms with Crippen molar-refractivity contribution in [3.05, 3.63) is 53.3 Å². The van der Waals surface area contributed by atoms with E-state index in [0.29, 0.717) is 13.0 Å². The average Bonchev–Trinajstić information content (AvgIpc) is 3.01. The fourth-order valence-electron chi connectivity index (χ4n) is 3.95. The van der Waals surface area contributed by atoms with Gasteiger partial charge in [0.1, 0.15) is 0 Å². The molecule has 5 nitrogen and oxygen atoms in total. The number of benzene rings is 1. The van der Waals surface area contributed by atoms with Gasteiger partial charge in [-0.2, -0.15) is 0 Å². The summed E-state index contributed by atoms with van der Waals surface area (Å²) in [4.78, 5) is 29.2. The van der Waals surface area contributed by atoms with Gasteiger partial charge < -0.3 is 9.47 Å². The molecule has 0 aliphatic carbocycles. The molecule has 1 aromatic heterocycles. The fourth-order valence-corrected chi connectivity index (χ4v) is 3.95. The highest BCUT2D eigenvalue weighted by molar-refractivity contribution is 5.99. The van der Waals surface area contributed by atoms with Gasteiger partial charge in [-0.05, 0) is 38.5 Å². The molecule has 1 aliphatic heterocycles. The van der Waals surface area contributed by atoms with Crippen molar-refractivity contribution >= 4 is 11.7 Å². The number of aryl methyl sites for hydroxylation is 1. The van der Waals surface area contributed by atoms with Gasteiger partial charge in [0.25, 0.3) is 0 Å². The number of carbonyl (C=O) groups is 2. The van der Waals surface area contributed by atoms with E-state index in [4.69, 9.17) is 0 Å². The van der Waals surface area contributed by atoms with Crippen LogP contribution in [0.3, 0.4) is 0 Å². The standard InChI is InChI=1S/C23H31N3O2/c1-4-5-11-23(28)25-14-12-24(13-15-25)17-22(27)21-16-18(2)26(19(21)3)20-9-7-6-8-10-20/h6-10,16H,4-5,11-15,17H2,1-3H3. The van der Waals surface area contributed by atoms with Gasteiger partial charge in [-0.25, -0.2) is 0 Å². The quantitative estimate of drug-likeness (QED) is 0.688. The Bertz CT molecular complexity index is 818. The van der Waals surface area contributed by atoms with Gasteiger partial charge in [0.05, 0.1) is 6.54 Å². The van der Waals surface area contributed by atoms with E-state index in [1.807, 2.05) is 43.0 Å². The summed E-state index contributed by atoms with van der Waals surface area (Å²) < 4.78 is 2.14. The van der Waals surface area contributed by atoms with Gasteiger partial charge in [0.2, 0.25) is 5.91 Å². The van der Waals surface area contributed by atoms with Gasteiger partial charge >= 0.3 is 0 Å². The van der Waals surface area contributed by atoms with Crippen LogP contribution in [0.25, 0.3) is 5.69 Å². The lowest BCUT2D eigenvalue weighted by Crippen LogP contribution is -2.49. The molecule has 1 aromatic carbocycles. The topological polar surface area (TPSA) is 45.6 Å². The molecule has 1 saturated heterocycles. The van der Waals surface area contributed by atoms with E-state index in [9.17, 15) is 9.59 Å². The van der Waals surface area contributed by atoms with Crippen molar-refractivity contribution in [3.8, 4) is 5.69 Å². The largest absolute Gasteiger partial charge is 0.340 e. The van der Waals surface area contributed by atoms with E-state index >= 15 is 0 Å². The average molecular weight is 382 g/mol. The fraction of sp³-hybridized carbons (Fsp3) is 0.478. The van der Waals surface area contributed by atoms with Crippen LogP contribution in [0.15, 0.2) is 36.4 Å². The number of aromatic nitrogens is 1. The van der Waals surface area contributed by atoms with Gasteiger partial charge in [-0.3, -0.25) is 14.5 Å². The van der Waals surface area contributed by atoms with Crippen LogP contribution < -0.4 is 0 Å². The highest BCUT2D eigenvalue weighted by Crippen LogP contribution is 2.21. The van der Waals surface area contributed by atoms with E-state index in [2.05, 4.69) is 28.5 Å². The number of nitrogens with zero attached hydrogens (tertiary/aromatic N) is 3. The third-order valence-corrected chi connectivity index (χ3v) is 5.58. The lowest BCUT2D eigenvalue weighted by atomic mass is 10.1. The van der Waals surface area contributed by atoms with Crippen molar-refractivity contribution in [2.45, 2.75) is 40.0 Å². The minimum Gasteiger partial charge on any atom is -0.340 e. The van der Waals surface area contributed by atoms with Crippen molar-refractivity contribution in [3.63, 3.8) is 0 Å². The number of carbonyl (C=O) groups excluding carboxylic acids is 2. The zero-order chi connectivity index (χ0) is 20.1. The number of Topliss-reactive ketones (excluding diaryl/α,β-unsaturated/α-hetero) is 1. The molecular formula is C23H31N3O2. The molecule has 150 valence electrons.